The van der Waals surface area contributed by atoms with Crippen molar-refractivity contribution in [1.29, 1.82) is 0 Å². The summed E-state index contributed by atoms with van der Waals surface area (Å²) in [5, 5.41) is 3.33. The Balaban J connectivity index is 2.58. The van der Waals surface area contributed by atoms with E-state index in [1.165, 1.54) is 17.5 Å². The van der Waals surface area contributed by atoms with Crippen LogP contribution in [0.5, 0.6) is 0 Å². The molecular weight excluding hydrogens is 252 g/mol. The monoisotopic (exact) mass is 270 g/mol. The van der Waals surface area contributed by atoms with Gasteiger partial charge in [0.05, 0.1) is 15.9 Å². The highest BCUT2D eigenvalue weighted by Gasteiger charge is 2.22. The largest absolute Gasteiger partial charge is 0.444 e. The number of hydrogen-bond donors (Lipinski definition) is 1. The van der Waals surface area contributed by atoms with E-state index in [0.717, 1.165) is 5.01 Å². The van der Waals surface area contributed by atoms with Crippen LogP contribution in [0.3, 0.4) is 0 Å². The quantitative estimate of drug-likeness (QED) is 0.857. The topological polar surface area (TPSA) is 68.3 Å². The number of aryl methyl sites for hydroxylation is 1. The van der Waals surface area contributed by atoms with E-state index >= 15 is 0 Å². The molecule has 0 bridgehead atoms. The molecule has 1 amide bonds. The molecule has 1 aromatic heterocycles. The van der Waals surface area contributed by atoms with Crippen LogP contribution >= 0.6 is 11.3 Å². The lowest BCUT2D eigenvalue weighted by Crippen LogP contribution is -2.41. The highest BCUT2D eigenvalue weighted by molar-refractivity contribution is 7.13. The molecule has 0 aliphatic carbocycles. The van der Waals surface area contributed by atoms with Gasteiger partial charge in [0.2, 0.25) is 0 Å². The van der Waals surface area contributed by atoms with E-state index in [9.17, 15) is 9.59 Å². The second kappa shape index (κ2) is 5.48. The van der Waals surface area contributed by atoms with Crippen molar-refractivity contribution in [3.8, 4) is 0 Å². The van der Waals surface area contributed by atoms with E-state index in [0.29, 0.717) is 4.88 Å². The summed E-state index contributed by atoms with van der Waals surface area (Å²) in [6, 6.07) is -0.625. The highest BCUT2D eigenvalue weighted by atomic mass is 32.1. The number of rotatable bonds is 3. The molecule has 6 heteroatoms. The normalized spacial score (nSPS) is 12.9. The Labute approximate surface area is 111 Å². The zero-order chi connectivity index (χ0) is 13.9. The fraction of sp³-hybridized carbons (Fsp3) is 0.583. The van der Waals surface area contributed by atoms with Gasteiger partial charge < -0.3 is 10.1 Å². The average Bonchev–Trinajstić information content (AvgIpc) is 2.60. The third-order valence-corrected chi connectivity index (χ3v) is 2.92. The first-order valence-corrected chi connectivity index (χ1v) is 6.47. The van der Waals surface area contributed by atoms with Crippen molar-refractivity contribution in [3.63, 3.8) is 0 Å². The first-order valence-electron chi connectivity index (χ1n) is 5.65. The average molecular weight is 270 g/mol. The zero-order valence-corrected chi connectivity index (χ0v) is 12.1. The molecule has 1 N–H and O–H groups in total. The standard InChI is InChI=1S/C12H18N2O3S/c1-7(14-11(16)17-12(3,4)5)10(15)9-6-13-8(2)18-9/h6-7H,1-5H3,(H,14,16). The third kappa shape index (κ3) is 4.44. The molecule has 1 heterocycles. The number of amides is 1. The van der Waals surface area contributed by atoms with Crippen molar-refractivity contribution >= 4 is 23.2 Å². The molecule has 1 unspecified atom stereocenters. The SMILES string of the molecule is Cc1ncc(C(=O)C(C)NC(=O)OC(C)(C)C)s1. The molecule has 1 aromatic rings. The van der Waals surface area contributed by atoms with Gasteiger partial charge in [0.1, 0.15) is 5.60 Å². The van der Waals surface area contributed by atoms with Crippen LogP contribution in [-0.4, -0.2) is 28.5 Å². The van der Waals surface area contributed by atoms with Crippen molar-refractivity contribution in [2.75, 3.05) is 0 Å². The summed E-state index contributed by atoms with van der Waals surface area (Å²) in [4.78, 5) is 28.0. The van der Waals surface area contributed by atoms with Gasteiger partial charge in [-0.2, -0.15) is 0 Å². The lowest BCUT2D eigenvalue weighted by atomic mass is 10.2. The van der Waals surface area contributed by atoms with Crippen LogP contribution in [0.25, 0.3) is 0 Å². The Morgan fingerprint density at radius 1 is 1.44 bits per heavy atom. The number of thiazole rings is 1. The van der Waals surface area contributed by atoms with E-state index in [2.05, 4.69) is 10.3 Å². The third-order valence-electron chi connectivity index (χ3n) is 1.99. The molecule has 0 fully saturated rings. The molecule has 0 radical (unpaired) electrons. The van der Waals surface area contributed by atoms with Crippen LogP contribution in [0.15, 0.2) is 6.20 Å². The molecule has 0 aliphatic heterocycles. The molecule has 18 heavy (non-hydrogen) atoms. The Bertz CT molecular complexity index is 448. The molecule has 0 aromatic carbocycles. The van der Waals surface area contributed by atoms with Crippen LogP contribution in [0.1, 0.15) is 42.4 Å². The summed E-state index contributed by atoms with van der Waals surface area (Å²) in [6.07, 6.45) is 0.930. The Hall–Kier alpha value is -1.43. The Morgan fingerprint density at radius 2 is 2.06 bits per heavy atom. The predicted molar refractivity (Wildman–Crippen MR) is 70.0 cm³/mol. The molecule has 0 saturated carbocycles. The number of carbonyl (C=O) groups excluding carboxylic acids is 2. The van der Waals surface area contributed by atoms with E-state index < -0.39 is 17.7 Å². The van der Waals surface area contributed by atoms with Gasteiger partial charge in [0.15, 0.2) is 5.78 Å². The molecule has 5 nitrogen and oxygen atoms in total. The van der Waals surface area contributed by atoms with Gasteiger partial charge >= 0.3 is 6.09 Å². The van der Waals surface area contributed by atoms with Crippen LogP contribution in [0.4, 0.5) is 4.79 Å². The van der Waals surface area contributed by atoms with Crippen LogP contribution in [0.2, 0.25) is 0 Å². The Kier molecular flexibility index (Phi) is 4.45. The fourth-order valence-electron chi connectivity index (χ4n) is 1.24. The zero-order valence-electron chi connectivity index (χ0n) is 11.2. The molecule has 1 rings (SSSR count). The van der Waals surface area contributed by atoms with E-state index in [4.69, 9.17) is 4.74 Å². The number of ether oxygens (including phenoxy) is 1. The number of ketones is 1. The van der Waals surface area contributed by atoms with Gasteiger partial charge in [0.25, 0.3) is 0 Å². The van der Waals surface area contributed by atoms with Gasteiger partial charge in [-0.05, 0) is 34.6 Å². The number of alkyl carbamates (subject to hydrolysis) is 1. The highest BCUT2D eigenvalue weighted by Crippen LogP contribution is 2.14. The van der Waals surface area contributed by atoms with Crippen molar-refractivity contribution in [1.82, 2.24) is 10.3 Å². The summed E-state index contributed by atoms with van der Waals surface area (Å²) < 4.78 is 5.09. The summed E-state index contributed by atoms with van der Waals surface area (Å²) in [5.41, 5.74) is -0.575. The molecule has 0 saturated heterocycles. The van der Waals surface area contributed by atoms with Crippen molar-refractivity contribution in [3.05, 3.63) is 16.1 Å². The van der Waals surface area contributed by atoms with Crippen LogP contribution in [0, 0.1) is 6.92 Å². The molecule has 0 aliphatic rings. The molecular formula is C12H18N2O3S. The summed E-state index contributed by atoms with van der Waals surface area (Å²) in [5.74, 6) is -0.161. The Morgan fingerprint density at radius 3 is 2.50 bits per heavy atom. The minimum Gasteiger partial charge on any atom is -0.444 e. The van der Waals surface area contributed by atoms with Crippen molar-refractivity contribution < 1.29 is 14.3 Å². The van der Waals surface area contributed by atoms with Crippen molar-refractivity contribution in [2.24, 2.45) is 0 Å². The fourth-order valence-corrected chi connectivity index (χ4v) is 2.04. The van der Waals surface area contributed by atoms with E-state index in [1.807, 2.05) is 6.92 Å². The molecule has 1 atom stereocenters. The minimum atomic E-state index is -0.625. The van der Waals surface area contributed by atoms with Gasteiger partial charge in [-0.25, -0.2) is 9.78 Å². The molecule has 100 valence electrons. The first-order chi connectivity index (χ1) is 8.19. The van der Waals surface area contributed by atoms with Gasteiger partial charge in [-0.15, -0.1) is 11.3 Å². The summed E-state index contributed by atoms with van der Waals surface area (Å²) in [7, 11) is 0. The second-order valence-corrected chi connectivity index (χ2v) is 6.21. The number of nitrogens with one attached hydrogen (secondary N) is 1. The maximum atomic E-state index is 12.0. The number of Topliss-reactive ketones (excluding diaryl/α,β-unsaturated/α-hetero) is 1. The summed E-state index contributed by atoms with van der Waals surface area (Å²) in [6.45, 7) is 8.76. The smallest absolute Gasteiger partial charge is 0.408 e. The molecule has 0 spiro atoms. The number of aromatic nitrogens is 1. The van der Waals surface area contributed by atoms with E-state index in [-0.39, 0.29) is 5.78 Å². The lowest BCUT2D eigenvalue weighted by Gasteiger charge is -2.21. The van der Waals surface area contributed by atoms with E-state index in [1.54, 1.807) is 27.7 Å². The van der Waals surface area contributed by atoms with Crippen LogP contribution in [-0.2, 0) is 4.74 Å². The predicted octanol–water partition coefficient (Wildman–Crippen LogP) is 2.55. The van der Waals surface area contributed by atoms with Crippen LogP contribution < -0.4 is 5.32 Å². The number of carbonyl (C=O) groups is 2. The number of hydrogen-bond acceptors (Lipinski definition) is 5. The second-order valence-electron chi connectivity index (χ2n) is 4.98. The maximum absolute atomic E-state index is 12.0. The lowest BCUT2D eigenvalue weighted by molar-refractivity contribution is 0.0497. The first kappa shape index (κ1) is 14.6. The maximum Gasteiger partial charge on any atom is 0.408 e. The van der Waals surface area contributed by atoms with Gasteiger partial charge in [0, 0.05) is 6.20 Å². The number of nitrogens with zero attached hydrogens (tertiary/aromatic N) is 1. The minimum absolute atomic E-state index is 0.161. The van der Waals surface area contributed by atoms with Gasteiger partial charge in [-0.1, -0.05) is 0 Å². The van der Waals surface area contributed by atoms with Crippen molar-refractivity contribution in [2.45, 2.75) is 46.3 Å². The van der Waals surface area contributed by atoms with Gasteiger partial charge in [-0.3, -0.25) is 4.79 Å². The summed E-state index contributed by atoms with van der Waals surface area (Å²) >= 11 is 1.31.